The van der Waals surface area contributed by atoms with E-state index in [0.717, 1.165) is 58.2 Å². The molecule has 1 saturated carbocycles. The van der Waals surface area contributed by atoms with Crippen LogP contribution in [0.5, 0.6) is 0 Å². The molecular weight excluding hydrogens is 1510 g/mol. The van der Waals surface area contributed by atoms with Gasteiger partial charge in [0.2, 0.25) is 100 Å². The number of hydrogen-bond donors (Lipinski definition) is 13. The Morgan fingerprint density at radius 1 is 0.444 bits per heavy atom. The first kappa shape index (κ1) is 96.8. The molecular formula is C83H141N18O16+. The minimum absolute atomic E-state index is 0.0527. The van der Waals surface area contributed by atoms with Crippen molar-refractivity contribution >= 4 is 100 Å². The second-order valence-corrected chi connectivity index (χ2v) is 36.7. The van der Waals surface area contributed by atoms with E-state index in [-0.39, 0.29) is 114 Å². The fraction of sp³-hybridized carbons (Fsp3) is 0.795. The molecule has 5 heterocycles. The van der Waals surface area contributed by atoms with Crippen molar-refractivity contribution in [3.05, 3.63) is 0 Å². The molecule has 1 aliphatic carbocycles. The van der Waals surface area contributed by atoms with Crippen molar-refractivity contribution < 1.29 is 81.3 Å². The van der Waals surface area contributed by atoms with Crippen molar-refractivity contribution in [3.8, 4) is 0 Å². The van der Waals surface area contributed by atoms with Gasteiger partial charge in [0.25, 0.3) is 0 Å². The third-order valence-electron chi connectivity index (χ3n) is 23.8. The average Bonchev–Trinajstić information content (AvgIpc) is 1.64. The number of amidine groups is 1. The third kappa shape index (κ3) is 26.5. The second-order valence-electron chi connectivity index (χ2n) is 36.7. The zero-order valence-corrected chi connectivity index (χ0v) is 73.4. The molecule has 16 amide bonds. The highest BCUT2D eigenvalue weighted by atomic mass is 16.2. The normalized spacial score (nSPS) is 20.5. The molecule has 6 aliphatic rings. The molecule has 34 nitrogen and oxygen atoms in total. The van der Waals surface area contributed by atoms with E-state index in [9.17, 15) is 76.7 Å². The molecule has 34 heteroatoms. The summed E-state index contributed by atoms with van der Waals surface area (Å²) in [5, 5.41) is 36.2. The lowest BCUT2D eigenvalue weighted by atomic mass is 9.90. The number of hydrogen-bond acceptors (Lipinski definition) is 17. The molecule has 4 fully saturated rings. The number of carbonyl (C=O) groups excluding carboxylic acids is 16. The summed E-state index contributed by atoms with van der Waals surface area (Å²) in [6.07, 6.45) is 9.56. The largest absolute Gasteiger partial charge is 0.354 e. The van der Waals surface area contributed by atoms with Gasteiger partial charge < -0.3 is 83.8 Å². The van der Waals surface area contributed by atoms with Crippen LogP contribution in [0.3, 0.4) is 0 Å². The van der Waals surface area contributed by atoms with Gasteiger partial charge >= 0.3 is 0 Å². The predicted octanol–water partition coefficient (Wildman–Crippen LogP) is 1.58. The smallest absolute Gasteiger partial charge is 0.248 e. The number of piperidine rings is 3. The fourth-order valence-electron chi connectivity index (χ4n) is 15.9. The van der Waals surface area contributed by atoms with Gasteiger partial charge in [0, 0.05) is 45.9 Å². The summed E-state index contributed by atoms with van der Waals surface area (Å²) in [4.78, 5) is 229. The lowest BCUT2D eigenvalue weighted by Gasteiger charge is -2.42. The highest BCUT2D eigenvalue weighted by molar-refractivity contribution is 6.03. The summed E-state index contributed by atoms with van der Waals surface area (Å²) in [6.45, 7) is 35.0. The minimum Gasteiger partial charge on any atom is -0.354 e. The maximum atomic E-state index is 14.5. The van der Waals surface area contributed by atoms with Crippen LogP contribution in [-0.4, -0.2) is 265 Å². The highest BCUT2D eigenvalue weighted by Gasteiger charge is 2.54. The van der Waals surface area contributed by atoms with Crippen LogP contribution in [0.4, 0.5) is 0 Å². The van der Waals surface area contributed by atoms with E-state index in [1.165, 1.54) is 69.0 Å². The number of likely N-dealkylation sites (tertiary alicyclic amines) is 3. The van der Waals surface area contributed by atoms with Crippen LogP contribution in [0.2, 0.25) is 0 Å². The Balaban J connectivity index is 0.947. The molecule has 0 radical (unpaired) electrons. The maximum Gasteiger partial charge on any atom is 0.248 e. The van der Waals surface area contributed by atoms with E-state index in [1.807, 2.05) is 34.6 Å². The molecule has 13 N–H and O–H groups in total. The average molecular weight is 1650 g/mol. The molecule has 0 bridgehead atoms. The van der Waals surface area contributed by atoms with Crippen LogP contribution in [-0.2, 0) is 76.7 Å². The fourth-order valence-corrected chi connectivity index (χ4v) is 15.9. The van der Waals surface area contributed by atoms with Crippen LogP contribution in [0.1, 0.15) is 266 Å². The molecule has 0 spiro atoms. The maximum absolute atomic E-state index is 14.5. The molecule has 0 aromatic carbocycles. The molecule has 117 heavy (non-hydrogen) atoms. The molecule has 0 aromatic rings. The Bertz CT molecular complexity index is 3690. The van der Waals surface area contributed by atoms with E-state index in [2.05, 4.69) is 92.4 Å². The van der Waals surface area contributed by atoms with Crippen LogP contribution in [0, 0.1) is 17.8 Å². The Morgan fingerprint density at radius 2 is 0.906 bits per heavy atom. The van der Waals surface area contributed by atoms with E-state index in [1.54, 1.807) is 34.6 Å². The van der Waals surface area contributed by atoms with Gasteiger partial charge in [-0.15, -0.1) is 0 Å². The van der Waals surface area contributed by atoms with Gasteiger partial charge in [-0.3, -0.25) is 86.2 Å². The minimum atomic E-state index is -1.62. The van der Waals surface area contributed by atoms with Crippen molar-refractivity contribution in [2.75, 3.05) is 65.4 Å². The van der Waals surface area contributed by atoms with E-state index in [4.69, 9.17) is 0 Å². The summed E-state index contributed by atoms with van der Waals surface area (Å²) in [6, 6.07) is -5.16. The van der Waals surface area contributed by atoms with Crippen molar-refractivity contribution in [1.82, 2.24) is 88.7 Å². The zero-order valence-electron chi connectivity index (χ0n) is 73.4. The summed E-state index contributed by atoms with van der Waals surface area (Å²) in [5.41, 5.74) is -10.7. The predicted molar refractivity (Wildman–Crippen MR) is 439 cm³/mol. The van der Waals surface area contributed by atoms with Gasteiger partial charge in [-0.25, -0.2) is 0 Å². The molecule has 6 rings (SSSR count). The Hall–Kier alpha value is -9.01. The first-order chi connectivity index (χ1) is 54.6. The Labute approximate surface area is 692 Å². The Morgan fingerprint density at radius 3 is 1.43 bits per heavy atom. The van der Waals surface area contributed by atoms with E-state index < -0.39 is 165 Å². The summed E-state index contributed by atoms with van der Waals surface area (Å²) < 4.78 is 2.44. The van der Waals surface area contributed by atoms with Crippen molar-refractivity contribution in [1.29, 1.82) is 0 Å². The number of nitrogens with one attached hydrogen (secondary N) is 13. The number of rotatable bonds is 40. The number of carbonyl (C=O) groups is 16. The van der Waals surface area contributed by atoms with Crippen LogP contribution in [0.25, 0.3) is 0 Å². The summed E-state index contributed by atoms with van der Waals surface area (Å²) >= 11 is 0. The lowest BCUT2D eigenvalue weighted by Crippen LogP contribution is -2.68. The summed E-state index contributed by atoms with van der Waals surface area (Å²) in [7, 11) is 0. The monoisotopic (exact) mass is 1650 g/mol. The van der Waals surface area contributed by atoms with E-state index >= 15 is 0 Å². The molecule has 5 aliphatic heterocycles. The second kappa shape index (κ2) is 41.6. The first-order valence-electron chi connectivity index (χ1n) is 42.8. The van der Waals surface area contributed by atoms with Gasteiger partial charge in [-0.05, 0) is 196 Å². The van der Waals surface area contributed by atoms with Crippen LogP contribution < -0.4 is 69.1 Å². The molecule has 0 unspecified atom stereocenters. The molecule has 658 valence electrons. The quantitative estimate of drug-likeness (QED) is 0.0387. The topological polar surface area (TPSA) is 445 Å². The van der Waals surface area contributed by atoms with Crippen molar-refractivity contribution in [2.45, 2.75) is 341 Å². The SMILES string of the molecule is CC[C@](C)(NC(=O)[C@H](CC(C)C)NC(=O)CNC(=O)C(C)(C)NC(=O)[C@@H]1CCCCN1C(=O)C(C)(C)NC(=O)C1(NC(=O)CNC(=O)CCNC(=O)[C@H](CC(C)C)NC(=O)[C@](C)(CC)NC(=O)[C@](C)(CC)NC(=O)[C@@H]2CCCCN2C(=O)C(C)(C)NC(=O)[C@@H]2CCCCN2C(C)=O)CC1)C(=O)N[C@@H](CC(C)C)CN1CCC[N+]2=C1CCC2. The van der Waals surface area contributed by atoms with E-state index in [0.29, 0.717) is 51.1 Å². The van der Waals surface area contributed by atoms with Gasteiger partial charge in [0.05, 0.1) is 45.2 Å². The number of amides is 16. The van der Waals surface area contributed by atoms with Gasteiger partial charge in [0.1, 0.15) is 75.5 Å². The molecule has 9 atom stereocenters. The zero-order chi connectivity index (χ0) is 87.5. The number of nitrogens with zero attached hydrogens (tertiary/aromatic N) is 5. The molecule has 3 saturated heterocycles. The lowest BCUT2D eigenvalue weighted by molar-refractivity contribution is -0.530. The van der Waals surface area contributed by atoms with Crippen molar-refractivity contribution in [3.63, 3.8) is 0 Å². The van der Waals surface area contributed by atoms with Gasteiger partial charge in [0.15, 0.2) is 0 Å². The van der Waals surface area contributed by atoms with Crippen LogP contribution in [0.15, 0.2) is 0 Å². The highest BCUT2D eigenvalue weighted by Crippen LogP contribution is 2.37. The van der Waals surface area contributed by atoms with Crippen molar-refractivity contribution in [2.24, 2.45) is 17.8 Å². The van der Waals surface area contributed by atoms with Gasteiger partial charge in [-0.2, -0.15) is 0 Å². The third-order valence-corrected chi connectivity index (χ3v) is 23.8. The standard InChI is InChI=1S/C83H140N18O16/c1-20-80(17,71(112)87-55(45-51(4)5)50-98-41-30-40-97-39-29-34-64(97)98)93-66(107)57(47-53(8)9)88-62(104)48-86-70(111)77(11,12)91-68(109)59-32-24-27-43-100(59)76(117)79(15,16)95-74(115)83(36-37-83)90-63(105)49-85-61(103)35-38-84-65(106)56(46-52(6)7)89-72(113)81(18,21-2)96-73(114)82(19,22-3)94-69(110)60-33-25-28-44-101(60)75(116)78(13,14)92-67(108)58-31-23-26-42-99(58)54(10)102/h51-53,55-60H,20-50H2,1-19H3,(H12-,84,85,86,87,88,89,90,91,92,93,94,95,96,103,104,105,106,107,108,109,110,111,112,113,114,115)/p+1/t55-,56-,57-,58-,59-,60-,80-,81-,82-/m0/s1. The van der Waals surface area contributed by atoms with Crippen LogP contribution >= 0.6 is 0 Å². The Kier molecular flexibility index (Phi) is 34.4. The first-order valence-corrected chi connectivity index (χ1v) is 42.8. The summed E-state index contributed by atoms with van der Waals surface area (Å²) in [5.74, 6) is -7.98. The molecule has 0 aromatic heterocycles. The van der Waals surface area contributed by atoms with Gasteiger partial charge in [-0.1, -0.05) is 62.3 Å².